The second-order valence-electron chi connectivity index (χ2n) is 10.0. The molecule has 0 spiro atoms. The van der Waals surface area contributed by atoms with Crippen LogP contribution in [0.2, 0.25) is 5.15 Å². The quantitative estimate of drug-likeness (QED) is 0.140. The summed E-state index contributed by atoms with van der Waals surface area (Å²) in [5, 5.41) is 1.84. The Morgan fingerprint density at radius 2 is 1.06 bits per heavy atom. The van der Waals surface area contributed by atoms with Gasteiger partial charge in [-0.1, -0.05) is 60.1 Å². The van der Waals surface area contributed by atoms with Gasteiger partial charge in [-0.2, -0.15) is 0 Å². The Morgan fingerprint density at radius 1 is 0.653 bits per heavy atom. The molecular weight excluding hydrogens is 745 g/mol. The first-order chi connectivity index (χ1) is 23.6. The number of H-pyrrole nitrogens is 1. The zero-order valence-corrected chi connectivity index (χ0v) is 30.3. The summed E-state index contributed by atoms with van der Waals surface area (Å²) in [6, 6.07) is 31.0. The molecule has 16 heteroatoms. The van der Waals surface area contributed by atoms with E-state index >= 15 is 0 Å². The third-order valence-corrected chi connectivity index (χ3v) is 8.68. The van der Waals surface area contributed by atoms with Crippen LogP contribution in [0.25, 0.3) is 63.9 Å². The van der Waals surface area contributed by atoms with Crippen LogP contribution in [-0.2, 0) is 14.0 Å². The number of amides is 1. The van der Waals surface area contributed by atoms with Crippen LogP contribution in [0.5, 0.6) is 0 Å². The van der Waals surface area contributed by atoms with E-state index in [1.54, 1.807) is 25.4 Å². The number of halogens is 3. The van der Waals surface area contributed by atoms with Gasteiger partial charge in [0, 0.05) is 35.5 Å². The summed E-state index contributed by atoms with van der Waals surface area (Å²) in [4.78, 5) is 48.4. The standard InChI is InChI=1S/C15H8ClN3S.C15H9N3OS.C3H7NO.Cl2OS/c16-14-13(17-9-5-1-2-6-10(9)18-14)15-19-11-7-3-4-8-12(11)20-15;19-14-13(16-9-5-1-2-6-10(9)17-14)15-18-11-7-3-4-8-12(11)20-15;1-4(2)3-5;1-4(2)3/h1-8H;1-8H,(H,17,19);3H,1-2H3;. The van der Waals surface area contributed by atoms with Crippen LogP contribution in [0.15, 0.2) is 102 Å². The Balaban J connectivity index is 0.000000154. The van der Waals surface area contributed by atoms with E-state index in [9.17, 15) is 9.59 Å². The van der Waals surface area contributed by atoms with Gasteiger partial charge in [0.15, 0.2) is 10.8 Å². The topological polar surface area (TPSA) is 135 Å². The fourth-order valence-corrected chi connectivity index (χ4v) is 6.42. The average Bonchev–Trinajstić information content (AvgIpc) is 3.73. The Bertz CT molecular complexity index is 2400. The molecule has 0 aliphatic carbocycles. The molecule has 4 aromatic carbocycles. The number of rotatable bonds is 3. The lowest BCUT2D eigenvalue weighted by Gasteiger charge is -2.01. The fourth-order valence-electron chi connectivity index (χ4n) is 4.24. The van der Waals surface area contributed by atoms with E-state index in [0.29, 0.717) is 21.5 Å². The van der Waals surface area contributed by atoms with Gasteiger partial charge in [0.2, 0.25) is 15.6 Å². The van der Waals surface area contributed by atoms with Crippen molar-refractivity contribution in [3.8, 4) is 21.4 Å². The van der Waals surface area contributed by atoms with Crippen molar-refractivity contribution >= 4 is 114 Å². The van der Waals surface area contributed by atoms with Crippen LogP contribution in [0.3, 0.4) is 0 Å². The molecule has 0 aliphatic heterocycles. The molecule has 0 saturated heterocycles. The Hall–Kier alpha value is -4.37. The summed E-state index contributed by atoms with van der Waals surface area (Å²) >= 11 is 9.31. The first-order valence-electron chi connectivity index (χ1n) is 14.1. The zero-order chi connectivity index (χ0) is 34.9. The molecule has 4 heterocycles. The van der Waals surface area contributed by atoms with Gasteiger partial charge in [-0.3, -0.25) is 9.59 Å². The number of para-hydroxylation sites is 6. The molecule has 1 amide bonds. The highest BCUT2D eigenvalue weighted by atomic mass is 36.0. The van der Waals surface area contributed by atoms with Gasteiger partial charge in [0.1, 0.15) is 15.7 Å². The number of thiazole rings is 2. The Morgan fingerprint density at radius 3 is 1.57 bits per heavy atom. The molecule has 8 rings (SSSR count). The van der Waals surface area contributed by atoms with Gasteiger partial charge in [-0.15, -0.1) is 22.7 Å². The lowest BCUT2D eigenvalue weighted by atomic mass is 10.3. The molecule has 0 atom stereocenters. The summed E-state index contributed by atoms with van der Waals surface area (Å²) in [6.07, 6.45) is 0.750. The monoisotopic (exact) mass is 767 g/mol. The zero-order valence-electron chi connectivity index (χ0n) is 25.6. The van der Waals surface area contributed by atoms with E-state index in [2.05, 4.69) is 51.3 Å². The highest BCUT2D eigenvalue weighted by Gasteiger charge is 2.14. The summed E-state index contributed by atoms with van der Waals surface area (Å²) < 4.78 is 11.3. The van der Waals surface area contributed by atoms with Crippen LogP contribution in [0.4, 0.5) is 0 Å². The van der Waals surface area contributed by atoms with Gasteiger partial charge in [-0.25, -0.2) is 29.1 Å². The molecular formula is C33H24Cl3N7O3S3. The van der Waals surface area contributed by atoms with Gasteiger partial charge >= 0.3 is 0 Å². The van der Waals surface area contributed by atoms with Crippen molar-refractivity contribution in [2.75, 3.05) is 14.1 Å². The summed E-state index contributed by atoms with van der Waals surface area (Å²) in [7, 11) is 10.7. The van der Waals surface area contributed by atoms with Crippen molar-refractivity contribution in [2.45, 2.75) is 0 Å². The smallest absolute Gasteiger partial charge is 0.277 e. The Kier molecular flexibility index (Phi) is 12.3. The van der Waals surface area contributed by atoms with Crippen molar-refractivity contribution in [1.29, 1.82) is 0 Å². The fraction of sp³-hybridized carbons (Fsp3) is 0.0606. The number of fused-ring (bicyclic) bond motifs is 4. The molecule has 0 aliphatic rings. The van der Waals surface area contributed by atoms with Crippen molar-refractivity contribution < 1.29 is 9.00 Å². The van der Waals surface area contributed by atoms with E-state index in [-0.39, 0.29) is 5.56 Å². The molecule has 1 N–H and O–H groups in total. The average molecular weight is 769 g/mol. The summed E-state index contributed by atoms with van der Waals surface area (Å²) in [5.41, 5.74) is 5.79. The highest BCUT2D eigenvalue weighted by molar-refractivity contribution is 8.26. The van der Waals surface area contributed by atoms with Crippen LogP contribution >= 0.6 is 55.6 Å². The predicted octanol–water partition coefficient (Wildman–Crippen LogP) is 8.51. The molecule has 10 nitrogen and oxygen atoms in total. The number of carbonyl (C=O) groups is 1. The van der Waals surface area contributed by atoms with E-state index in [0.717, 1.165) is 53.9 Å². The number of nitrogens with one attached hydrogen (secondary N) is 1. The number of nitrogens with zero attached hydrogens (tertiary/aromatic N) is 6. The molecule has 4 aromatic heterocycles. The summed E-state index contributed by atoms with van der Waals surface area (Å²) in [6.45, 7) is 0. The maximum atomic E-state index is 12.2. The van der Waals surface area contributed by atoms with Crippen molar-refractivity contribution in [3.05, 3.63) is 113 Å². The molecule has 0 unspecified atom stereocenters. The van der Waals surface area contributed by atoms with E-state index in [4.69, 9.17) is 15.8 Å². The van der Waals surface area contributed by atoms with E-state index < -0.39 is 9.23 Å². The van der Waals surface area contributed by atoms with Gasteiger partial charge in [-0.05, 0) is 48.5 Å². The third-order valence-electron chi connectivity index (χ3n) is 6.33. The first kappa shape index (κ1) is 35.9. The SMILES string of the molecule is CN(C)C=O.Clc1nc2ccccc2nc1-c1nc2ccccc2s1.O=S(Cl)Cl.O=c1[nH]c2ccccc2nc1-c1nc2ccccc2s1. The molecule has 8 aromatic rings. The maximum absolute atomic E-state index is 12.2. The minimum atomic E-state index is -1.67. The van der Waals surface area contributed by atoms with Crippen LogP contribution in [0, 0.1) is 0 Å². The predicted molar refractivity (Wildman–Crippen MR) is 204 cm³/mol. The number of aromatic nitrogens is 6. The second kappa shape index (κ2) is 16.8. The molecule has 0 bridgehead atoms. The third kappa shape index (κ3) is 9.41. The first-order valence-corrected chi connectivity index (χ1v) is 18.9. The van der Waals surface area contributed by atoms with Gasteiger partial charge in [0.05, 0.1) is 42.5 Å². The van der Waals surface area contributed by atoms with Gasteiger partial charge < -0.3 is 9.88 Å². The number of hydrogen-bond acceptors (Lipinski definition) is 10. The number of aromatic amines is 1. The Labute approximate surface area is 303 Å². The number of hydrogen-bond donors (Lipinski definition) is 1. The summed E-state index contributed by atoms with van der Waals surface area (Å²) in [5.74, 6) is 0. The van der Waals surface area contributed by atoms with E-state index in [1.807, 2.05) is 97.1 Å². The molecule has 0 fully saturated rings. The number of benzene rings is 4. The van der Waals surface area contributed by atoms with Crippen molar-refractivity contribution in [2.24, 2.45) is 0 Å². The van der Waals surface area contributed by atoms with Crippen LogP contribution in [-0.4, -0.2) is 59.5 Å². The van der Waals surface area contributed by atoms with Gasteiger partial charge in [0.25, 0.3) is 5.56 Å². The van der Waals surface area contributed by atoms with E-state index in [1.165, 1.54) is 16.2 Å². The molecule has 49 heavy (non-hydrogen) atoms. The van der Waals surface area contributed by atoms with Crippen molar-refractivity contribution in [3.63, 3.8) is 0 Å². The lowest BCUT2D eigenvalue weighted by molar-refractivity contribution is -0.115. The minimum absolute atomic E-state index is 0.206. The molecule has 0 radical (unpaired) electrons. The maximum Gasteiger partial charge on any atom is 0.277 e. The highest BCUT2D eigenvalue weighted by Crippen LogP contribution is 2.33. The van der Waals surface area contributed by atoms with Crippen LogP contribution < -0.4 is 5.56 Å². The van der Waals surface area contributed by atoms with Crippen LogP contribution in [0.1, 0.15) is 0 Å². The molecule has 0 saturated carbocycles. The molecule has 248 valence electrons. The van der Waals surface area contributed by atoms with Crippen molar-refractivity contribution in [1.82, 2.24) is 34.8 Å². The largest absolute Gasteiger partial charge is 0.351 e. The number of carbonyl (C=O) groups excluding carboxylic acids is 1. The lowest BCUT2D eigenvalue weighted by Crippen LogP contribution is -2.11. The normalized spacial score (nSPS) is 10.6. The minimum Gasteiger partial charge on any atom is -0.351 e. The second-order valence-corrected chi connectivity index (χ2v) is 15.0.